The van der Waals surface area contributed by atoms with Crippen molar-refractivity contribution in [3.8, 4) is 57.1 Å². The van der Waals surface area contributed by atoms with Gasteiger partial charge in [0, 0.05) is 34.7 Å². The highest BCUT2D eigenvalue weighted by atomic mass is 35.5. The van der Waals surface area contributed by atoms with E-state index in [1.807, 2.05) is 13.8 Å². The number of likely N-dealkylation sites (N-methyl/N-ethyl adjacent to an activating group) is 1. The minimum absolute atomic E-state index is 0.0975. The second kappa shape index (κ2) is 30.2. The summed E-state index contributed by atoms with van der Waals surface area (Å²) in [4.78, 5) is 117. The number of nitrogens with two attached hydrogens (primary N) is 2. The Morgan fingerprint density at radius 3 is 1.90 bits per heavy atom. The van der Waals surface area contributed by atoms with Crippen molar-refractivity contribution in [2.75, 3.05) is 13.7 Å². The Bertz CT molecular complexity index is 4070. The summed E-state index contributed by atoms with van der Waals surface area (Å²) in [5.41, 5.74) is 8.00. The smallest absolute Gasteiger partial charge is 0.330 e. The van der Waals surface area contributed by atoms with E-state index in [2.05, 4.69) is 37.2 Å². The molecule has 5 aromatic carbocycles. The topological polar surface area (TPSA) is 530 Å². The minimum Gasteiger partial charge on any atom is -0.508 e. The third-order valence-corrected chi connectivity index (χ3v) is 18.4. The molecule has 2 saturated heterocycles. The molecule has 21 N–H and O–H groups in total. The third kappa shape index (κ3) is 15.8. The van der Waals surface area contributed by atoms with Crippen molar-refractivity contribution in [1.82, 2.24) is 37.2 Å². The molecule has 542 valence electrons. The number of phenolic OH excluding ortho intramolecular Hbond substituents is 3. The SMILES string of the molecule is CN[C@H](CC(C)C)C(=O)N[C@H]1C(=O)N[C@@H](CC(N)=O)C(=O)N[C@H]2C(=O)N[C@H]3C(=O)N[C@H](C(=O)N[C@@H](C(=O)O)c4cc(O)cc(O)c4-c4cc3ccc4O)[C@H](O)c3ccc(c(Cl)c3)Oc3cc2cc(c3O[C@H]2O[C@@H](CO)[C@H](O)[C@@H](O)[C@@H]2O[C@@H]2C[C@@](C)(N)[C@@H](O)[C@@H](C)O2)Oc2ccc(cc2Cl)[C@H]1O. The molecule has 2 fully saturated rings. The van der Waals surface area contributed by atoms with Gasteiger partial charge in [0.25, 0.3) is 0 Å². The number of aliphatic carboxylic acids is 1. The van der Waals surface area contributed by atoms with E-state index in [0.29, 0.717) is 0 Å². The van der Waals surface area contributed by atoms with Gasteiger partial charge in [0.1, 0.15) is 89.5 Å². The first-order valence-corrected chi connectivity index (χ1v) is 32.4. The Morgan fingerprint density at radius 2 is 1.32 bits per heavy atom. The number of rotatable bonds is 13. The van der Waals surface area contributed by atoms with Crippen molar-refractivity contribution in [3.05, 3.63) is 117 Å². The number of benzene rings is 5. The summed E-state index contributed by atoms with van der Waals surface area (Å²) >= 11 is 14.1. The van der Waals surface area contributed by atoms with Crippen LogP contribution in [0.2, 0.25) is 10.0 Å². The molecule has 0 aromatic heterocycles. The van der Waals surface area contributed by atoms with Gasteiger partial charge in [0.15, 0.2) is 29.9 Å². The van der Waals surface area contributed by atoms with E-state index in [-0.39, 0.29) is 46.2 Å². The van der Waals surface area contributed by atoms with Gasteiger partial charge in [0.05, 0.1) is 41.3 Å². The number of hydrogen-bond acceptors (Lipinski definition) is 25. The number of nitrogens with one attached hydrogen (secondary N) is 7. The van der Waals surface area contributed by atoms with Crippen LogP contribution in [0.5, 0.6) is 46.0 Å². The third-order valence-electron chi connectivity index (χ3n) is 17.8. The quantitative estimate of drug-likeness (QED) is 0.0743. The number of carboxylic acids is 1. The average molecular weight is 1450 g/mol. The lowest BCUT2D eigenvalue weighted by Gasteiger charge is -2.47. The monoisotopic (exact) mass is 1450 g/mol. The zero-order chi connectivity index (χ0) is 73.5. The van der Waals surface area contributed by atoms with E-state index < -0.39 is 237 Å². The van der Waals surface area contributed by atoms with Crippen LogP contribution in [-0.2, 0) is 52.6 Å². The maximum absolute atomic E-state index is 16.0. The lowest BCUT2D eigenvalue weighted by atomic mass is 9.86. The summed E-state index contributed by atoms with van der Waals surface area (Å²) in [6.07, 6.45) is -18.6. The summed E-state index contributed by atoms with van der Waals surface area (Å²) < 4.78 is 38.3. The molecular weight excluding hydrogens is 1370 g/mol. The molecule has 12 rings (SSSR count). The molecular formula is C66H75Cl2N9O24. The molecule has 7 amide bonds. The molecule has 5 aromatic rings. The number of aliphatic hydroxyl groups excluding tert-OH is 6. The predicted octanol–water partition coefficient (Wildman–Crippen LogP) is 0.106. The maximum atomic E-state index is 16.0. The Kier molecular flexibility index (Phi) is 22.2. The van der Waals surface area contributed by atoms with Crippen LogP contribution in [-0.4, -0.2) is 191 Å². The largest absolute Gasteiger partial charge is 0.508 e. The molecule has 0 unspecified atom stereocenters. The van der Waals surface area contributed by atoms with Crippen LogP contribution >= 0.6 is 23.2 Å². The number of phenols is 3. The standard InChI is InChI=1S/C66H75Cl2N9O24/c1-23(2)12-34(71-5)58(88)76-49-51(83)26-7-10-38(32(67)14-26)97-40-16-28-17-41(55(40)101-65-56(54(86)53(85)42(22-78)99-65)100-44-21-66(4,70)57(87)24(3)96-44)98-39-11-8-27(15-33(39)68)52(84)50-63(93)75-48(64(94)95)31-18-29(79)19-37(81)45(31)30-13-25(6-9-36(30)80)46(60(90)77-50)74-61(91)47(28)73-59(89)35(20-43(69)82)72-62(49)92/h6-11,13-19,23-24,34-35,42,44,46-54,56-57,65,71,78-81,83-87H,12,20-22,70H2,1-5H3,(H2,69,82)(H,72,92)(H,73,89)(H,74,91)(H,75,93)(H,76,88)(H,77,90)(H,94,95)/t24-,34-,35+,42+,44-,46-,47-,48-,49-,50+,51-,52-,53+,54-,56+,57+,65-,66-/m1/s1. The molecule has 0 spiro atoms. The Labute approximate surface area is 584 Å². The van der Waals surface area contributed by atoms with Crippen LogP contribution in [0.3, 0.4) is 0 Å². The second-order valence-corrected chi connectivity index (χ2v) is 26.5. The highest BCUT2D eigenvalue weighted by molar-refractivity contribution is 6.32. The van der Waals surface area contributed by atoms with Crippen molar-refractivity contribution >= 4 is 70.5 Å². The molecule has 0 aliphatic carbocycles. The van der Waals surface area contributed by atoms with Gasteiger partial charge in [-0.1, -0.05) is 55.2 Å². The van der Waals surface area contributed by atoms with Crippen molar-refractivity contribution in [1.29, 1.82) is 0 Å². The molecule has 7 heterocycles. The number of primary amides is 1. The first-order chi connectivity index (χ1) is 47.7. The molecule has 101 heavy (non-hydrogen) atoms. The number of fused-ring (bicyclic) bond motifs is 15. The number of aliphatic hydroxyl groups is 6. The lowest BCUT2D eigenvalue weighted by molar-refractivity contribution is -0.333. The molecule has 18 atom stereocenters. The molecule has 33 nitrogen and oxygen atoms in total. The van der Waals surface area contributed by atoms with Gasteiger partial charge >= 0.3 is 5.97 Å². The fourth-order valence-corrected chi connectivity index (χ4v) is 12.9. The first kappa shape index (κ1) is 74.5. The second-order valence-electron chi connectivity index (χ2n) is 25.7. The van der Waals surface area contributed by atoms with Gasteiger partial charge in [-0.25, -0.2) is 4.79 Å². The summed E-state index contributed by atoms with van der Waals surface area (Å²) in [5, 5.41) is 131. The number of carboxylic acid groups (broad SMARTS) is 1. The minimum atomic E-state index is -2.35. The van der Waals surface area contributed by atoms with Crippen LogP contribution in [0.4, 0.5) is 0 Å². The van der Waals surface area contributed by atoms with Crippen LogP contribution in [0.25, 0.3) is 11.1 Å². The van der Waals surface area contributed by atoms with Crippen molar-refractivity contribution in [3.63, 3.8) is 0 Å². The fourth-order valence-electron chi connectivity index (χ4n) is 12.5. The van der Waals surface area contributed by atoms with Crippen LogP contribution in [0.15, 0.2) is 78.9 Å². The first-order valence-electron chi connectivity index (χ1n) is 31.6. The zero-order valence-electron chi connectivity index (χ0n) is 54.3. The number of carbonyl (C=O) groups is 8. The highest BCUT2D eigenvalue weighted by Gasteiger charge is 2.51. The van der Waals surface area contributed by atoms with Gasteiger partial charge in [-0.05, 0) is 110 Å². The molecule has 0 saturated carbocycles. The van der Waals surface area contributed by atoms with Crippen molar-refractivity contribution in [2.24, 2.45) is 17.4 Å². The van der Waals surface area contributed by atoms with Crippen molar-refractivity contribution in [2.45, 2.75) is 156 Å². The molecule has 0 radical (unpaired) electrons. The fraction of sp³-hybridized carbons (Fsp3) is 0.424. The summed E-state index contributed by atoms with van der Waals surface area (Å²) in [5.74, 6) is -16.0. The van der Waals surface area contributed by atoms with Gasteiger partial charge in [-0.3, -0.25) is 33.6 Å². The van der Waals surface area contributed by atoms with Crippen LogP contribution in [0.1, 0.15) is 105 Å². The van der Waals surface area contributed by atoms with E-state index in [1.165, 1.54) is 33.0 Å². The predicted molar refractivity (Wildman–Crippen MR) is 349 cm³/mol. The summed E-state index contributed by atoms with van der Waals surface area (Å²) in [7, 11) is 1.47. The zero-order valence-corrected chi connectivity index (χ0v) is 55.8. The van der Waals surface area contributed by atoms with Crippen LogP contribution < -0.4 is 62.9 Å². The summed E-state index contributed by atoms with van der Waals surface area (Å²) in [6.45, 7) is 5.66. The maximum Gasteiger partial charge on any atom is 0.330 e. The lowest BCUT2D eigenvalue weighted by Crippen LogP contribution is -2.64. The molecule has 11 bridgehead atoms. The van der Waals surface area contributed by atoms with Crippen LogP contribution in [0, 0.1) is 5.92 Å². The van der Waals surface area contributed by atoms with E-state index >= 15 is 14.4 Å². The summed E-state index contributed by atoms with van der Waals surface area (Å²) in [6, 6.07) is -0.679. The Balaban J connectivity index is 1.24. The van der Waals surface area contributed by atoms with Gasteiger partial charge < -0.3 is 128 Å². The Morgan fingerprint density at radius 1 is 0.713 bits per heavy atom. The number of hydrogen-bond donors (Lipinski definition) is 19. The number of ether oxygens (including phenoxy) is 6. The highest BCUT2D eigenvalue weighted by Crippen LogP contribution is 2.50. The average Bonchev–Trinajstić information content (AvgIpc) is 0.775. The Hall–Kier alpha value is -9.20. The van der Waals surface area contributed by atoms with E-state index in [1.54, 1.807) is 0 Å². The molecule has 7 aliphatic rings. The number of carbonyl (C=O) groups excluding carboxylic acids is 7. The van der Waals surface area contributed by atoms with Gasteiger partial charge in [0.2, 0.25) is 53.4 Å². The van der Waals surface area contributed by atoms with E-state index in [4.69, 9.17) is 63.1 Å². The number of aromatic hydroxyl groups is 3. The number of amides is 7. The molecule has 35 heteroatoms. The van der Waals surface area contributed by atoms with Crippen molar-refractivity contribution < 1.29 is 118 Å². The molecule has 7 aliphatic heterocycles. The number of halogens is 2. The van der Waals surface area contributed by atoms with Gasteiger partial charge in [-0.15, -0.1) is 0 Å². The van der Waals surface area contributed by atoms with E-state index in [0.717, 1.165) is 66.7 Å². The van der Waals surface area contributed by atoms with Gasteiger partial charge in [-0.2, -0.15) is 0 Å². The normalized spacial score (nSPS) is 29.4. The van der Waals surface area contributed by atoms with E-state index in [9.17, 15) is 75.0 Å².